The second-order valence-electron chi connectivity index (χ2n) is 10.8. The number of carbonyl (C=O) groups is 5. The molecule has 3 aliphatic heterocycles. The third kappa shape index (κ3) is 10.3. The molecular weight excluding hydrogens is 556 g/mol. The maximum Gasteiger partial charge on any atom is 0.309 e. The lowest BCUT2D eigenvalue weighted by Crippen LogP contribution is -2.58. The first-order valence-electron chi connectivity index (χ1n) is 14.1. The summed E-state index contributed by atoms with van der Waals surface area (Å²) >= 11 is 0. The van der Waals surface area contributed by atoms with Gasteiger partial charge in [0, 0.05) is 31.0 Å². The molecule has 0 aromatic rings. The number of fused-ring (bicyclic) bond motifs is 7. The molecule has 3 aliphatic rings. The van der Waals surface area contributed by atoms with Gasteiger partial charge in [-0.3, -0.25) is 24.0 Å². The lowest BCUT2D eigenvalue weighted by atomic mass is 9.96. The summed E-state index contributed by atoms with van der Waals surface area (Å²) in [4.78, 5) is 67.2. The molecule has 0 saturated carbocycles. The van der Waals surface area contributed by atoms with Crippen LogP contribution in [0.4, 0.5) is 0 Å². The molecule has 40 heavy (non-hydrogen) atoms. The zero-order valence-electron chi connectivity index (χ0n) is 23.3. The van der Waals surface area contributed by atoms with E-state index in [0.717, 1.165) is 19.3 Å². The summed E-state index contributed by atoms with van der Waals surface area (Å²) in [6.07, 6.45) is 4.53. The van der Waals surface area contributed by atoms with Gasteiger partial charge in [-0.25, -0.2) is 0 Å². The molecule has 2 bridgehead atoms. The minimum absolute atomic E-state index is 0.0662. The molecule has 13 heteroatoms. The zero-order chi connectivity index (χ0) is 29.1. The Kier molecular flexibility index (Phi) is 13.1. The monoisotopic (exact) mass is 598 g/mol. The van der Waals surface area contributed by atoms with Crippen LogP contribution in [0, 0.1) is 5.92 Å². The lowest BCUT2D eigenvalue weighted by molar-refractivity contribution is -0.151. The molecule has 0 aromatic carbocycles. The first-order valence-corrected chi connectivity index (χ1v) is 16.6. The van der Waals surface area contributed by atoms with Crippen LogP contribution >= 0.6 is 21.6 Å². The number of piperidine rings is 1. The van der Waals surface area contributed by atoms with Crippen LogP contribution in [0.2, 0.25) is 0 Å². The van der Waals surface area contributed by atoms with Gasteiger partial charge in [-0.15, -0.1) is 0 Å². The second-order valence-corrected chi connectivity index (χ2v) is 13.4. The van der Waals surface area contributed by atoms with Gasteiger partial charge in [0.1, 0.15) is 18.2 Å². The fourth-order valence-electron chi connectivity index (χ4n) is 4.90. The highest BCUT2D eigenvalue weighted by molar-refractivity contribution is 8.76. The van der Waals surface area contributed by atoms with Crippen molar-refractivity contribution in [1.29, 1.82) is 0 Å². The number of nitrogens with one attached hydrogen (secondary N) is 3. The van der Waals surface area contributed by atoms with Crippen molar-refractivity contribution in [2.45, 2.75) is 95.5 Å². The van der Waals surface area contributed by atoms with Crippen LogP contribution in [0.15, 0.2) is 12.2 Å². The molecule has 2 fully saturated rings. The summed E-state index contributed by atoms with van der Waals surface area (Å²) in [6.45, 7) is 4.99. The van der Waals surface area contributed by atoms with Crippen LogP contribution in [0.25, 0.3) is 0 Å². The number of esters is 1. The van der Waals surface area contributed by atoms with E-state index in [9.17, 15) is 29.1 Å². The summed E-state index contributed by atoms with van der Waals surface area (Å²) in [5.74, 6) is -1.61. The number of amides is 4. The van der Waals surface area contributed by atoms with E-state index in [1.165, 1.54) is 21.6 Å². The van der Waals surface area contributed by atoms with Gasteiger partial charge in [0.05, 0.1) is 25.0 Å². The SMILES string of the molecule is CC(C)[C@H]1NC(=O)[C@@H]2CSSCC/C=C/[C@H](CC(=O)N[C@H](CCC(=O)N3CCCCC3)C(=O)N2)OC(=O)C[C@@H]1O. The number of hydrogen-bond acceptors (Lipinski definition) is 9. The van der Waals surface area contributed by atoms with Gasteiger partial charge >= 0.3 is 5.97 Å². The summed E-state index contributed by atoms with van der Waals surface area (Å²) in [6, 6.07) is -2.78. The summed E-state index contributed by atoms with van der Waals surface area (Å²) in [7, 11) is 2.98. The molecule has 0 spiro atoms. The van der Waals surface area contributed by atoms with Crippen molar-refractivity contribution in [2.24, 2.45) is 5.92 Å². The number of carbonyl (C=O) groups excluding carboxylic acids is 5. The highest BCUT2D eigenvalue weighted by atomic mass is 33.1. The molecule has 0 aromatic heterocycles. The Labute approximate surface area is 243 Å². The van der Waals surface area contributed by atoms with E-state index >= 15 is 0 Å². The van der Waals surface area contributed by atoms with Crippen LogP contribution in [0.5, 0.6) is 0 Å². The third-order valence-corrected chi connectivity index (χ3v) is 9.61. The number of rotatable bonds is 4. The smallest absolute Gasteiger partial charge is 0.309 e. The molecule has 4 amide bonds. The summed E-state index contributed by atoms with van der Waals surface area (Å²) in [5.41, 5.74) is 0. The number of allylic oxidation sites excluding steroid dienone is 1. The zero-order valence-corrected chi connectivity index (χ0v) is 24.9. The van der Waals surface area contributed by atoms with Gasteiger partial charge in [0.25, 0.3) is 0 Å². The number of aliphatic hydroxyl groups is 1. The predicted octanol–water partition coefficient (Wildman–Crippen LogP) is 1.30. The van der Waals surface area contributed by atoms with Gasteiger partial charge < -0.3 is 30.7 Å². The topological polar surface area (TPSA) is 154 Å². The van der Waals surface area contributed by atoms with Crippen LogP contribution in [-0.2, 0) is 28.7 Å². The summed E-state index contributed by atoms with van der Waals surface area (Å²) in [5, 5.41) is 19.1. The average molecular weight is 599 g/mol. The van der Waals surface area contributed by atoms with Crippen molar-refractivity contribution >= 4 is 51.2 Å². The van der Waals surface area contributed by atoms with Crippen molar-refractivity contribution in [1.82, 2.24) is 20.9 Å². The molecular formula is C27H42N4O7S2. The molecule has 0 aliphatic carbocycles. The standard InChI is InChI=1S/C27H42N4O7S2/c1-17(2)25-21(32)15-24(35)38-18-8-4-7-13-39-40-16-20(27(37)30-25)29-26(36)19(28-22(33)14-18)9-10-23(34)31-11-5-3-6-12-31/h4,8,17-21,25,32H,3,5-7,9-16H2,1-2H3,(H,28,33)(H,29,36)(H,30,37)/b8-4+/t18-,19-,20+,21+,25-/m1/s1. The molecule has 2 saturated heterocycles. The molecule has 0 unspecified atom stereocenters. The maximum atomic E-state index is 13.5. The van der Waals surface area contributed by atoms with Crippen molar-refractivity contribution in [3.05, 3.63) is 12.2 Å². The van der Waals surface area contributed by atoms with E-state index in [1.54, 1.807) is 11.0 Å². The van der Waals surface area contributed by atoms with Crippen molar-refractivity contribution in [2.75, 3.05) is 24.6 Å². The van der Waals surface area contributed by atoms with E-state index in [1.807, 2.05) is 19.9 Å². The Morgan fingerprint density at radius 3 is 2.52 bits per heavy atom. The minimum atomic E-state index is -1.22. The van der Waals surface area contributed by atoms with Crippen molar-refractivity contribution in [3.8, 4) is 0 Å². The van der Waals surface area contributed by atoms with Gasteiger partial charge in [0.15, 0.2) is 0 Å². The largest absolute Gasteiger partial charge is 0.457 e. The quantitative estimate of drug-likeness (QED) is 0.213. The Bertz CT molecular complexity index is 942. The average Bonchev–Trinajstić information content (AvgIpc) is 2.91. The van der Waals surface area contributed by atoms with E-state index in [2.05, 4.69) is 16.0 Å². The predicted molar refractivity (Wildman–Crippen MR) is 154 cm³/mol. The van der Waals surface area contributed by atoms with Gasteiger partial charge in [0.2, 0.25) is 23.6 Å². The lowest BCUT2D eigenvalue weighted by Gasteiger charge is -2.30. The Morgan fingerprint density at radius 2 is 1.80 bits per heavy atom. The second kappa shape index (κ2) is 16.3. The van der Waals surface area contributed by atoms with E-state index in [-0.39, 0.29) is 43.3 Å². The fraction of sp³-hybridized carbons (Fsp3) is 0.741. The van der Waals surface area contributed by atoms with E-state index in [4.69, 9.17) is 4.74 Å². The molecule has 4 N–H and O–H groups in total. The van der Waals surface area contributed by atoms with Crippen LogP contribution in [-0.4, -0.2) is 94.5 Å². The Hall–Kier alpha value is -2.25. The minimum Gasteiger partial charge on any atom is -0.457 e. The highest BCUT2D eigenvalue weighted by Gasteiger charge is 2.34. The van der Waals surface area contributed by atoms with Gasteiger partial charge in [-0.2, -0.15) is 0 Å². The van der Waals surface area contributed by atoms with Gasteiger partial charge in [-0.05, 0) is 44.1 Å². The molecule has 5 atom stereocenters. The maximum absolute atomic E-state index is 13.5. The molecule has 224 valence electrons. The number of hydrogen-bond donors (Lipinski definition) is 4. The number of ether oxygens (including phenoxy) is 1. The highest BCUT2D eigenvalue weighted by Crippen LogP contribution is 2.24. The number of nitrogens with zero attached hydrogens (tertiary/aromatic N) is 1. The first-order chi connectivity index (χ1) is 19.1. The normalized spacial score (nSPS) is 30.6. The van der Waals surface area contributed by atoms with Crippen molar-refractivity contribution in [3.63, 3.8) is 0 Å². The van der Waals surface area contributed by atoms with E-state index in [0.29, 0.717) is 25.3 Å². The Balaban J connectivity index is 1.89. The molecule has 3 rings (SSSR count). The Morgan fingerprint density at radius 1 is 1.05 bits per heavy atom. The third-order valence-electron chi connectivity index (χ3n) is 7.16. The number of aliphatic hydroxyl groups excluding tert-OH is 1. The first kappa shape index (κ1) is 32.3. The van der Waals surface area contributed by atoms with Crippen LogP contribution < -0.4 is 16.0 Å². The molecule has 0 radical (unpaired) electrons. The molecule has 3 heterocycles. The summed E-state index contributed by atoms with van der Waals surface area (Å²) < 4.78 is 5.54. The molecule has 11 nitrogen and oxygen atoms in total. The van der Waals surface area contributed by atoms with Crippen LogP contribution in [0.3, 0.4) is 0 Å². The van der Waals surface area contributed by atoms with Gasteiger partial charge in [-0.1, -0.05) is 41.5 Å². The fourth-order valence-corrected chi connectivity index (χ4v) is 7.06. The van der Waals surface area contributed by atoms with Crippen molar-refractivity contribution < 1.29 is 33.8 Å². The van der Waals surface area contributed by atoms with E-state index < -0.39 is 54.0 Å². The van der Waals surface area contributed by atoms with Crippen LogP contribution in [0.1, 0.15) is 65.2 Å². The number of likely N-dealkylation sites (tertiary alicyclic amines) is 1.